The lowest BCUT2D eigenvalue weighted by molar-refractivity contribution is 0.175. The number of aryl methyl sites for hydroxylation is 2. The van der Waals surface area contributed by atoms with Crippen molar-refractivity contribution in [3.63, 3.8) is 0 Å². The van der Waals surface area contributed by atoms with Crippen molar-refractivity contribution in [3.8, 4) is 0 Å². The smallest absolute Gasteiger partial charge is 0.0879 e. The highest BCUT2D eigenvalue weighted by Crippen LogP contribution is 2.22. The number of nitrogens with zero attached hydrogens (tertiary/aromatic N) is 4. The van der Waals surface area contributed by atoms with E-state index in [9.17, 15) is 5.11 Å². The lowest BCUT2D eigenvalue weighted by Crippen LogP contribution is -2.09. The minimum atomic E-state index is -0.543. The molecule has 116 valence electrons. The molecule has 1 N–H and O–H groups in total. The van der Waals surface area contributed by atoms with E-state index in [-0.39, 0.29) is 0 Å². The van der Waals surface area contributed by atoms with Gasteiger partial charge >= 0.3 is 0 Å². The summed E-state index contributed by atoms with van der Waals surface area (Å²) in [7, 11) is 1.89. The standard InChI is InChI=1S/C16H26N4O/c1-5-13(6-2)20-9-8-12(17-20)10-16(21)14-11-19(4)18-15(14)7-3/h8-9,11,13,16,21H,5-7,10H2,1-4H3. The predicted molar refractivity (Wildman–Crippen MR) is 83.1 cm³/mol. The molecule has 0 spiro atoms. The van der Waals surface area contributed by atoms with Gasteiger partial charge in [0.05, 0.1) is 23.5 Å². The highest BCUT2D eigenvalue weighted by Gasteiger charge is 2.17. The fourth-order valence-electron chi connectivity index (χ4n) is 2.77. The maximum absolute atomic E-state index is 10.5. The van der Waals surface area contributed by atoms with Crippen LogP contribution < -0.4 is 0 Å². The molecule has 2 rings (SSSR count). The van der Waals surface area contributed by atoms with Crippen molar-refractivity contribution in [2.75, 3.05) is 0 Å². The number of hydrogen-bond donors (Lipinski definition) is 1. The van der Waals surface area contributed by atoms with Gasteiger partial charge in [-0.05, 0) is 25.3 Å². The quantitative estimate of drug-likeness (QED) is 0.853. The number of hydrogen-bond acceptors (Lipinski definition) is 3. The van der Waals surface area contributed by atoms with Gasteiger partial charge in [0.15, 0.2) is 0 Å². The van der Waals surface area contributed by atoms with Gasteiger partial charge in [-0.2, -0.15) is 10.2 Å². The zero-order valence-corrected chi connectivity index (χ0v) is 13.5. The monoisotopic (exact) mass is 290 g/mol. The molecule has 0 amide bonds. The Morgan fingerprint density at radius 2 is 1.90 bits per heavy atom. The summed E-state index contributed by atoms with van der Waals surface area (Å²) in [6.45, 7) is 6.40. The third kappa shape index (κ3) is 3.53. The highest BCUT2D eigenvalue weighted by atomic mass is 16.3. The second-order valence-electron chi connectivity index (χ2n) is 5.54. The lowest BCUT2D eigenvalue weighted by Gasteiger charge is -2.13. The van der Waals surface area contributed by atoms with E-state index < -0.39 is 6.10 Å². The summed E-state index contributed by atoms with van der Waals surface area (Å²) >= 11 is 0. The molecule has 2 heterocycles. The Morgan fingerprint density at radius 1 is 1.19 bits per heavy atom. The molecule has 21 heavy (non-hydrogen) atoms. The first-order valence-electron chi connectivity index (χ1n) is 7.83. The van der Waals surface area contributed by atoms with Crippen LogP contribution in [0.5, 0.6) is 0 Å². The van der Waals surface area contributed by atoms with E-state index in [1.165, 1.54) is 0 Å². The van der Waals surface area contributed by atoms with E-state index >= 15 is 0 Å². The first-order chi connectivity index (χ1) is 10.1. The van der Waals surface area contributed by atoms with Gasteiger partial charge in [-0.1, -0.05) is 20.8 Å². The summed E-state index contributed by atoms with van der Waals surface area (Å²) in [5, 5.41) is 19.5. The summed E-state index contributed by atoms with van der Waals surface area (Å²) in [6.07, 6.45) is 6.89. The van der Waals surface area contributed by atoms with Gasteiger partial charge in [-0.25, -0.2) is 0 Å². The molecule has 0 aliphatic carbocycles. The van der Waals surface area contributed by atoms with Crippen molar-refractivity contribution in [2.45, 2.75) is 58.6 Å². The van der Waals surface area contributed by atoms with E-state index in [2.05, 4.69) is 31.0 Å². The maximum Gasteiger partial charge on any atom is 0.0879 e. The minimum absolute atomic E-state index is 0.445. The molecule has 0 fully saturated rings. The van der Waals surface area contributed by atoms with Gasteiger partial charge in [-0.3, -0.25) is 9.36 Å². The second-order valence-corrected chi connectivity index (χ2v) is 5.54. The van der Waals surface area contributed by atoms with Crippen LogP contribution in [-0.2, 0) is 19.9 Å². The normalized spacial score (nSPS) is 13.0. The average molecular weight is 290 g/mol. The number of aliphatic hydroxyl groups is 1. The number of aliphatic hydroxyl groups excluding tert-OH is 1. The van der Waals surface area contributed by atoms with Gasteiger partial charge in [0, 0.05) is 31.4 Å². The molecule has 1 atom stereocenters. The van der Waals surface area contributed by atoms with Crippen LogP contribution in [0.1, 0.15) is 62.7 Å². The fraction of sp³-hybridized carbons (Fsp3) is 0.625. The molecule has 0 bridgehead atoms. The molecule has 0 aliphatic rings. The Kier molecular flexibility index (Phi) is 5.17. The molecule has 1 unspecified atom stereocenters. The van der Waals surface area contributed by atoms with Gasteiger partial charge in [-0.15, -0.1) is 0 Å². The largest absolute Gasteiger partial charge is 0.388 e. The molecule has 0 saturated heterocycles. The predicted octanol–water partition coefficient (Wildman–Crippen LogP) is 2.82. The Bertz CT molecular complexity index is 569. The van der Waals surface area contributed by atoms with Crippen molar-refractivity contribution in [1.29, 1.82) is 0 Å². The summed E-state index contributed by atoms with van der Waals surface area (Å²) < 4.78 is 3.78. The first kappa shape index (κ1) is 15.8. The van der Waals surface area contributed by atoms with Crippen LogP contribution >= 0.6 is 0 Å². The molecule has 5 nitrogen and oxygen atoms in total. The second kappa shape index (κ2) is 6.89. The summed E-state index contributed by atoms with van der Waals surface area (Å²) in [4.78, 5) is 0. The zero-order valence-electron chi connectivity index (χ0n) is 13.5. The molecule has 0 aliphatic heterocycles. The van der Waals surface area contributed by atoms with E-state index in [0.717, 1.165) is 36.2 Å². The third-order valence-electron chi connectivity index (χ3n) is 4.01. The van der Waals surface area contributed by atoms with E-state index in [1.807, 2.05) is 30.2 Å². The van der Waals surface area contributed by atoms with E-state index in [4.69, 9.17) is 0 Å². The number of rotatable bonds is 7. The van der Waals surface area contributed by atoms with Gasteiger partial charge in [0.2, 0.25) is 0 Å². The Hall–Kier alpha value is -1.62. The molecular weight excluding hydrogens is 264 g/mol. The van der Waals surface area contributed by atoms with Crippen molar-refractivity contribution in [3.05, 3.63) is 35.4 Å². The van der Waals surface area contributed by atoms with Crippen molar-refractivity contribution >= 4 is 0 Å². The van der Waals surface area contributed by atoms with Crippen LogP contribution in [0.25, 0.3) is 0 Å². The van der Waals surface area contributed by atoms with Crippen LogP contribution in [0.3, 0.4) is 0 Å². The van der Waals surface area contributed by atoms with Gasteiger partial charge in [0.25, 0.3) is 0 Å². The zero-order chi connectivity index (χ0) is 15.4. The summed E-state index contributed by atoms with van der Waals surface area (Å²) in [5.41, 5.74) is 2.81. The highest BCUT2D eigenvalue weighted by molar-refractivity contribution is 5.21. The van der Waals surface area contributed by atoms with Crippen LogP contribution in [0.15, 0.2) is 18.5 Å². The molecule has 5 heteroatoms. The maximum atomic E-state index is 10.5. The van der Waals surface area contributed by atoms with Gasteiger partial charge < -0.3 is 5.11 Å². The third-order valence-corrected chi connectivity index (χ3v) is 4.01. The van der Waals surface area contributed by atoms with Crippen molar-refractivity contribution in [2.24, 2.45) is 7.05 Å². The van der Waals surface area contributed by atoms with Crippen molar-refractivity contribution < 1.29 is 5.11 Å². The fourth-order valence-corrected chi connectivity index (χ4v) is 2.77. The summed E-state index contributed by atoms with van der Waals surface area (Å²) in [6, 6.07) is 2.45. The van der Waals surface area contributed by atoms with Gasteiger partial charge in [0.1, 0.15) is 0 Å². The van der Waals surface area contributed by atoms with Crippen LogP contribution in [0, 0.1) is 0 Å². The van der Waals surface area contributed by atoms with E-state index in [0.29, 0.717) is 12.5 Å². The Morgan fingerprint density at radius 3 is 2.52 bits per heavy atom. The minimum Gasteiger partial charge on any atom is -0.388 e. The molecule has 2 aromatic rings. The summed E-state index contributed by atoms with van der Waals surface area (Å²) in [5.74, 6) is 0. The molecule has 0 saturated carbocycles. The Balaban J connectivity index is 2.10. The van der Waals surface area contributed by atoms with Crippen LogP contribution in [0.2, 0.25) is 0 Å². The SMILES string of the molecule is CCc1nn(C)cc1C(O)Cc1ccn(C(CC)CC)n1. The molecule has 2 aromatic heterocycles. The Labute approximate surface area is 126 Å². The van der Waals surface area contributed by atoms with Crippen LogP contribution in [-0.4, -0.2) is 24.7 Å². The molecule has 0 radical (unpaired) electrons. The lowest BCUT2D eigenvalue weighted by atomic mass is 10.0. The topological polar surface area (TPSA) is 55.9 Å². The van der Waals surface area contributed by atoms with Crippen molar-refractivity contribution in [1.82, 2.24) is 19.6 Å². The van der Waals surface area contributed by atoms with Crippen LogP contribution in [0.4, 0.5) is 0 Å². The van der Waals surface area contributed by atoms with E-state index in [1.54, 1.807) is 4.68 Å². The molecule has 0 aromatic carbocycles. The average Bonchev–Trinajstić information content (AvgIpc) is 3.07. The molecular formula is C16H26N4O. The number of aromatic nitrogens is 4. The first-order valence-corrected chi connectivity index (χ1v) is 7.83.